The molecule has 2 aromatic carbocycles. The van der Waals surface area contributed by atoms with Crippen molar-refractivity contribution < 1.29 is 34.4 Å². The van der Waals surface area contributed by atoms with Gasteiger partial charge in [0.15, 0.2) is 5.78 Å². The van der Waals surface area contributed by atoms with Gasteiger partial charge in [0.05, 0.1) is 11.3 Å². The Morgan fingerprint density at radius 3 is 2.20 bits per heavy atom. The number of rotatable bonds is 9. The number of hydrogen-bond acceptors (Lipinski definition) is 4. The third kappa shape index (κ3) is 6.75. The topological polar surface area (TPSA) is 63.3 Å². The van der Waals surface area contributed by atoms with Crippen molar-refractivity contribution >= 4 is 27.7 Å². The summed E-state index contributed by atoms with van der Waals surface area (Å²) in [4.78, 5) is 16.6. The molecule has 1 radical (unpaired) electrons. The van der Waals surface area contributed by atoms with Crippen LogP contribution in [-0.4, -0.2) is 15.9 Å². The van der Waals surface area contributed by atoms with Crippen LogP contribution in [0.15, 0.2) is 46.7 Å². The van der Waals surface area contributed by atoms with Crippen LogP contribution in [0.4, 0.5) is 0 Å². The van der Waals surface area contributed by atoms with Crippen molar-refractivity contribution in [3.63, 3.8) is 0 Å². The predicted molar refractivity (Wildman–Crippen MR) is 180 cm³/mol. The summed E-state index contributed by atoms with van der Waals surface area (Å²) in [5, 5.41) is 12.2. The molecule has 0 atom stereocenters. The molecular weight excluding hydrogens is 723 g/mol. The van der Waals surface area contributed by atoms with E-state index in [1.165, 1.54) is 39.1 Å². The molecule has 0 aliphatic heterocycles. The number of allylic oxidation sites excluding steroid dienone is 2. The molecule has 5 heteroatoms. The standard InChI is InChI=1S/C26H26NO.C13H24O2.Ir/c1-14(2)11-17-8-10-19-22-21-18(9-7-16(4)24(21)28-25(17)22)23-20(26(19,5)6)12-15(3)13-27-23;1-5-10(6-2)12(14)9-13(15)11(7-3)8-4;/h7-8,10,12-14H,11H2,1-6H3;9-11,14H,5-8H2,1-4H3;/q-1;;/b;12-9-;. The molecule has 1 N–H and O–H groups in total. The Balaban J connectivity index is 0.000000286. The molecule has 0 bridgehead atoms. The maximum Gasteiger partial charge on any atom is 0.162 e. The summed E-state index contributed by atoms with van der Waals surface area (Å²) in [5.74, 6) is 1.13. The number of carbonyl (C=O) groups is 1. The third-order valence-corrected chi connectivity index (χ3v) is 9.28. The van der Waals surface area contributed by atoms with Gasteiger partial charge in [-0.1, -0.05) is 97.0 Å². The quantitative estimate of drug-likeness (QED) is 0.105. The second kappa shape index (κ2) is 14.6. The zero-order chi connectivity index (χ0) is 31.6. The largest absolute Gasteiger partial charge is 0.512 e. The van der Waals surface area contributed by atoms with Crippen molar-refractivity contribution in [2.24, 2.45) is 17.8 Å². The average molecular weight is 773 g/mol. The molecule has 5 rings (SSSR count). The molecule has 0 saturated carbocycles. The van der Waals surface area contributed by atoms with Gasteiger partial charge in [0, 0.05) is 49.6 Å². The van der Waals surface area contributed by atoms with E-state index < -0.39 is 0 Å². The maximum absolute atomic E-state index is 11.7. The number of nitrogens with zero attached hydrogens (tertiary/aromatic N) is 1. The first kappa shape index (κ1) is 35.7. The minimum Gasteiger partial charge on any atom is -0.512 e. The van der Waals surface area contributed by atoms with E-state index in [0.717, 1.165) is 60.1 Å². The minimum atomic E-state index is -0.166. The molecule has 0 unspecified atom stereocenters. The number of aromatic nitrogens is 1. The van der Waals surface area contributed by atoms with Gasteiger partial charge in [0.2, 0.25) is 0 Å². The molecule has 0 fully saturated rings. The van der Waals surface area contributed by atoms with Gasteiger partial charge in [-0.05, 0) is 72.7 Å². The van der Waals surface area contributed by atoms with Crippen molar-refractivity contribution in [3.8, 4) is 11.3 Å². The van der Waals surface area contributed by atoms with Crippen LogP contribution in [0.5, 0.6) is 0 Å². The molecule has 1 aliphatic carbocycles. The number of aliphatic hydroxyl groups excluding tert-OH is 1. The summed E-state index contributed by atoms with van der Waals surface area (Å²) in [7, 11) is 0. The number of fused-ring (bicyclic) bond motifs is 2. The molecule has 0 spiro atoms. The van der Waals surface area contributed by atoms with Crippen LogP contribution in [0, 0.1) is 37.7 Å². The molecule has 239 valence electrons. The first-order valence-corrected chi connectivity index (χ1v) is 16.2. The van der Waals surface area contributed by atoms with Gasteiger partial charge in [-0.15, -0.1) is 17.7 Å². The number of pyridine rings is 1. The third-order valence-electron chi connectivity index (χ3n) is 9.28. The molecule has 2 aromatic heterocycles. The number of ketones is 1. The molecule has 1 aliphatic rings. The van der Waals surface area contributed by atoms with Crippen LogP contribution in [0.25, 0.3) is 33.2 Å². The summed E-state index contributed by atoms with van der Waals surface area (Å²) >= 11 is 0. The molecule has 44 heavy (non-hydrogen) atoms. The van der Waals surface area contributed by atoms with Crippen molar-refractivity contribution in [3.05, 3.63) is 76.2 Å². The fraction of sp³-hybridized carbons (Fsp3) is 0.487. The van der Waals surface area contributed by atoms with Crippen molar-refractivity contribution in [2.45, 2.75) is 107 Å². The number of aliphatic hydroxyl groups is 1. The molecule has 0 amide bonds. The van der Waals surface area contributed by atoms with E-state index in [4.69, 9.17) is 9.40 Å². The van der Waals surface area contributed by atoms with Crippen LogP contribution in [0.2, 0.25) is 0 Å². The van der Waals surface area contributed by atoms with Crippen LogP contribution >= 0.6 is 0 Å². The number of benzene rings is 2. The zero-order valence-electron chi connectivity index (χ0n) is 28.3. The number of furan rings is 1. The normalized spacial score (nSPS) is 13.7. The monoisotopic (exact) mass is 773 g/mol. The summed E-state index contributed by atoms with van der Waals surface area (Å²) in [6.45, 7) is 21.4. The predicted octanol–water partition coefficient (Wildman–Crippen LogP) is 10.8. The second-order valence-electron chi connectivity index (χ2n) is 13.3. The van der Waals surface area contributed by atoms with E-state index in [9.17, 15) is 9.90 Å². The van der Waals surface area contributed by atoms with E-state index >= 15 is 0 Å². The Hall–Kier alpha value is -2.75. The Labute approximate surface area is 278 Å². The molecular formula is C39H50IrNO3-. The average Bonchev–Trinajstić information content (AvgIpc) is 3.34. The van der Waals surface area contributed by atoms with Crippen LogP contribution in [0.1, 0.15) is 109 Å². The van der Waals surface area contributed by atoms with Crippen LogP contribution in [-0.2, 0) is 36.7 Å². The SMILES string of the molecule is CCC(CC)C(=O)/C=C(\O)C(CC)CC.Cc1cnc2c(c1)C(C)(C)c1ccc(CC(C)C)c3oc4c(C)c[c-]c-2c4c13.[Ir]. The number of hydrogen-bond donors (Lipinski definition) is 1. The Morgan fingerprint density at radius 1 is 0.977 bits per heavy atom. The van der Waals surface area contributed by atoms with Gasteiger partial charge in [-0.25, -0.2) is 0 Å². The minimum absolute atomic E-state index is 0. The molecule has 4 nitrogen and oxygen atoms in total. The van der Waals surface area contributed by atoms with Crippen molar-refractivity contribution in [1.82, 2.24) is 4.98 Å². The smallest absolute Gasteiger partial charge is 0.162 e. The van der Waals surface area contributed by atoms with Gasteiger partial charge in [-0.2, -0.15) is 0 Å². The maximum atomic E-state index is 11.7. The van der Waals surface area contributed by atoms with E-state index in [0.29, 0.717) is 5.92 Å². The number of aryl methyl sites for hydroxylation is 2. The van der Waals surface area contributed by atoms with E-state index in [1.54, 1.807) is 0 Å². The summed E-state index contributed by atoms with van der Waals surface area (Å²) in [6.07, 6.45) is 7.88. The Kier molecular flexibility index (Phi) is 11.8. The van der Waals surface area contributed by atoms with Crippen LogP contribution in [0.3, 0.4) is 0 Å². The zero-order valence-corrected chi connectivity index (χ0v) is 30.7. The van der Waals surface area contributed by atoms with E-state index in [2.05, 4.69) is 65.8 Å². The van der Waals surface area contributed by atoms with Gasteiger partial charge in [0.25, 0.3) is 0 Å². The molecule has 2 heterocycles. The first-order valence-electron chi connectivity index (χ1n) is 16.2. The summed E-state index contributed by atoms with van der Waals surface area (Å²) < 4.78 is 6.56. The first-order chi connectivity index (χ1) is 20.4. The molecule has 4 aromatic rings. The van der Waals surface area contributed by atoms with Gasteiger partial charge < -0.3 is 14.5 Å². The van der Waals surface area contributed by atoms with Gasteiger partial charge in [-0.3, -0.25) is 4.79 Å². The van der Waals surface area contributed by atoms with Crippen LogP contribution < -0.4 is 0 Å². The van der Waals surface area contributed by atoms with Crippen molar-refractivity contribution in [1.29, 1.82) is 0 Å². The molecule has 0 saturated heterocycles. The van der Waals surface area contributed by atoms with E-state index in [-0.39, 0.29) is 48.9 Å². The second-order valence-corrected chi connectivity index (χ2v) is 13.3. The van der Waals surface area contributed by atoms with Gasteiger partial charge >= 0.3 is 0 Å². The summed E-state index contributed by atoms with van der Waals surface area (Å²) in [5.41, 5.74) is 10.2. The fourth-order valence-corrected chi connectivity index (χ4v) is 6.57. The van der Waals surface area contributed by atoms with Crippen molar-refractivity contribution in [2.75, 3.05) is 0 Å². The van der Waals surface area contributed by atoms with E-state index in [1.807, 2.05) is 40.0 Å². The van der Waals surface area contributed by atoms with Gasteiger partial charge in [0.1, 0.15) is 5.58 Å². The summed E-state index contributed by atoms with van der Waals surface area (Å²) in [6, 6.07) is 12.5. The Morgan fingerprint density at radius 2 is 1.61 bits per heavy atom. The number of carbonyl (C=O) groups excluding carboxylic acids is 1. The Bertz CT molecular complexity index is 1650. The fourth-order valence-electron chi connectivity index (χ4n) is 6.57.